The maximum Gasteiger partial charge on any atom is 0.407 e. The van der Waals surface area contributed by atoms with Gasteiger partial charge in [-0.05, 0) is 13.0 Å². The Bertz CT molecular complexity index is 149. The van der Waals surface area contributed by atoms with Crippen LogP contribution in [0, 0.1) is 0 Å². The maximum absolute atomic E-state index is 10.5. The molecule has 0 aliphatic carbocycles. The van der Waals surface area contributed by atoms with Crippen molar-refractivity contribution in [3.8, 4) is 0 Å². The van der Waals surface area contributed by atoms with Crippen LogP contribution in [0.3, 0.4) is 0 Å². The topological polar surface area (TPSA) is 52.6 Å². The zero-order chi connectivity index (χ0) is 8.27. The number of nitrogens with zero attached hydrogens (tertiary/aromatic N) is 1. The fourth-order valence-electron chi connectivity index (χ4n) is 1.22. The predicted molar refractivity (Wildman–Crippen MR) is 41.7 cm³/mol. The zero-order valence-corrected chi connectivity index (χ0v) is 6.71. The van der Waals surface area contributed by atoms with Crippen molar-refractivity contribution in [2.24, 2.45) is 0 Å². The highest BCUT2D eigenvalue weighted by Gasteiger charge is 2.30. The van der Waals surface area contributed by atoms with Gasteiger partial charge in [-0.3, -0.25) is 0 Å². The summed E-state index contributed by atoms with van der Waals surface area (Å²) in [6, 6.07) is 0.215. The van der Waals surface area contributed by atoms with E-state index in [0.717, 1.165) is 19.5 Å². The molecule has 2 N–H and O–H groups in total. The van der Waals surface area contributed by atoms with Gasteiger partial charge in [0.05, 0.1) is 0 Å². The van der Waals surface area contributed by atoms with Gasteiger partial charge in [0.2, 0.25) is 0 Å². The zero-order valence-electron chi connectivity index (χ0n) is 6.71. The maximum atomic E-state index is 10.5. The molecule has 11 heavy (non-hydrogen) atoms. The summed E-state index contributed by atoms with van der Waals surface area (Å²) >= 11 is 0. The standard InChI is InChI=1S/C7H14N2O2/c1-2-8-5-6-3-4-9(6)7(10)11/h6,8H,2-5H2,1H3,(H,10,11)/t6-/m0/s1. The number of hydrogen-bond acceptors (Lipinski definition) is 2. The molecule has 0 radical (unpaired) electrons. The van der Waals surface area contributed by atoms with Crippen LogP contribution in [0.1, 0.15) is 13.3 Å². The fourth-order valence-corrected chi connectivity index (χ4v) is 1.22. The summed E-state index contributed by atoms with van der Waals surface area (Å²) in [6.45, 7) is 4.42. The van der Waals surface area contributed by atoms with Crippen LogP contribution >= 0.6 is 0 Å². The summed E-state index contributed by atoms with van der Waals surface area (Å²) < 4.78 is 0. The van der Waals surface area contributed by atoms with Gasteiger partial charge in [0.1, 0.15) is 0 Å². The lowest BCUT2D eigenvalue weighted by Gasteiger charge is -2.38. The van der Waals surface area contributed by atoms with E-state index in [0.29, 0.717) is 6.54 Å². The molecule has 1 atom stereocenters. The fraction of sp³-hybridized carbons (Fsp3) is 0.857. The Morgan fingerprint density at radius 2 is 2.55 bits per heavy atom. The van der Waals surface area contributed by atoms with Crippen molar-refractivity contribution < 1.29 is 9.90 Å². The lowest BCUT2D eigenvalue weighted by Crippen LogP contribution is -2.54. The van der Waals surface area contributed by atoms with Gasteiger partial charge in [0, 0.05) is 19.1 Å². The lowest BCUT2D eigenvalue weighted by molar-refractivity contribution is 0.0755. The summed E-state index contributed by atoms with van der Waals surface area (Å²) in [5, 5.41) is 11.7. The molecule has 1 heterocycles. The normalized spacial score (nSPS) is 23.0. The summed E-state index contributed by atoms with van der Waals surface area (Å²) in [5.74, 6) is 0. The van der Waals surface area contributed by atoms with Crippen LogP contribution in [0.4, 0.5) is 4.79 Å². The second kappa shape index (κ2) is 3.57. The molecule has 0 aromatic rings. The Kier molecular flexibility index (Phi) is 2.70. The van der Waals surface area contributed by atoms with E-state index in [1.807, 2.05) is 6.92 Å². The highest BCUT2D eigenvalue weighted by molar-refractivity contribution is 5.66. The first-order valence-electron chi connectivity index (χ1n) is 3.96. The van der Waals surface area contributed by atoms with Crippen LogP contribution in [0.5, 0.6) is 0 Å². The number of carbonyl (C=O) groups is 1. The molecule has 1 aliphatic rings. The molecule has 1 saturated heterocycles. The minimum Gasteiger partial charge on any atom is -0.465 e. The Morgan fingerprint density at radius 1 is 1.82 bits per heavy atom. The van der Waals surface area contributed by atoms with Crippen LogP contribution in [0.15, 0.2) is 0 Å². The number of hydrogen-bond donors (Lipinski definition) is 2. The third-order valence-corrected chi connectivity index (χ3v) is 2.02. The third-order valence-electron chi connectivity index (χ3n) is 2.02. The first kappa shape index (κ1) is 8.33. The van der Waals surface area contributed by atoms with Crippen molar-refractivity contribution in [1.82, 2.24) is 10.2 Å². The van der Waals surface area contributed by atoms with Crippen molar-refractivity contribution in [1.29, 1.82) is 0 Å². The molecule has 4 heteroatoms. The van der Waals surface area contributed by atoms with Crippen molar-refractivity contribution >= 4 is 6.09 Å². The van der Waals surface area contributed by atoms with Crippen LogP contribution in [0.2, 0.25) is 0 Å². The predicted octanol–water partition coefficient (Wildman–Crippen LogP) is 0.348. The molecular weight excluding hydrogens is 144 g/mol. The first-order chi connectivity index (χ1) is 5.25. The minimum absolute atomic E-state index is 0.215. The quantitative estimate of drug-likeness (QED) is 0.623. The van der Waals surface area contributed by atoms with E-state index < -0.39 is 6.09 Å². The van der Waals surface area contributed by atoms with E-state index >= 15 is 0 Å². The molecule has 64 valence electrons. The Hall–Kier alpha value is -0.770. The monoisotopic (exact) mass is 158 g/mol. The molecule has 1 fully saturated rings. The summed E-state index contributed by atoms with van der Waals surface area (Å²) in [5.41, 5.74) is 0. The number of rotatable bonds is 3. The number of likely N-dealkylation sites (tertiary alicyclic amines) is 1. The van der Waals surface area contributed by atoms with Crippen molar-refractivity contribution in [2.45, 2.75) is 19.4 Å². The van der Waals surface area contributed by atoms with E-state index in [4.69, 9.17) is 5.11 Å². The molecule has 0 unspecified atom stereocenters. The summed E-state index contributed by atoms with van der Waals surface area (Å²) in [4.78, 5) is 11.9. The van der Waals surface area contributed by atoms with E-state index in [9.17, 15) is 4.79 Å². The van der Waals surface area contributed by atoms with Crippen LogP contribution in [-0.4, -0.2) is 41.8 Å². The van der Waals surface area contributed by atoms with Crippen LogP contribution < -0.4 is 5.32 Å². The van der Waals surface area contributed by atoms with Gasteiger partial charge in [-0.15, -0.1) is 0 Å². The van der Waals surface area contributed by atoms with Crippen molar-refractivity contribution in [3.05, 3.63) is 0 Å². The van der Waals surface area contributed by atoms with E-state index in [2.05, 4.69) is 5.32 Å². The molecule has 1 rings (SSSR count). The molecule has 0 aromatic carbocycles. The third kappa shape index (κ3) is 1.83. The Balaban J connectivity index is 2.20. The molecule has 0 aromatic heterocycles. The molecule has 0 spiro atoms. The Morgan fingerprint density at radius 3 is 2.91 bits per heavy atom. The number of amides is 1. The van der Waals surface area contributed by atoms with Crippen molar-refractivity contribution in [2.75, 3.05) is 19.6 Å². The highest BCUT2D eigenvalue weighted by atomic mass is 16.4. The van der Waals surface area contributed by atoms with Gasteiger partial charge in [-0.2, -0.15) is 0 Å². The molecule has 1 aliphatic heterocycles. The summed E-state index contributed by atoms with van der Waals surface area (Å²) in [7, 11) is 0. The average Bonchev–Trinajstić information content (AvgIpc) is 1.84. The molecule has 4 nitrogen and oxygen atoms in total. The largest absolute Gasteiger partial charge is 0.465 e. The second-order valence-corrected chi connectivity index (χ2v) is 2.73. The van der Waals surface area contributed by atoms with Gasteiger partial charge in [0.15, 0.2) is 0 Å². The highest BCUT2D eigenvalue weighted by Crippen LogP contribution is 2.15. The molecule has 1 amide bonds. The van der Waals surface area contributed by atoms with Crippen molar-refractivity contribution in [3.63, 3.8) is 0 Å². The molecule has 0 saturated carbocycles. The lowest BCUT2D eigenvalue weighted by atomic mass is 10.0. The van der Waals surface area contributed by atoms with Crippen LogP contribution in [-0.2, 0) is 0 Å². The second-order valence-electron chi connectivity index (χ2n) is 2.73. The Labute approximate surface area is 66.2 Å². The van der Waals surface area contributed by atoms with Gasteiger partial charge < -0.3 is 15.3 Å². The SMILES string of the molecule is CCNC[C@@H]1CCN1C(=O)O. The van der Waals surface area contributed by atoms with Gasteiger partial charge in [-0.25, -0.2) is 4.79 Å². The number of carboxylic acid groups (broad SMARTS) is 1. The van der Waals surface area contributed by atoms with Gasteiger partial charge in [-0.1, -0.05) is 6.92 Å². The number of likely N-dealkylation sites (N-methyl/N-ethyl adjacent to an activating group) is 1. The molecular formula is C7H14N2O2. The first-order valence-corrected chi connectivity index (χ1v) is 3.96. The van der Waals surface area contributed by atoms with Crippen LogP contribution in [0.25, 0.3) is 0 Å². The average molecular weight is 158 g/mol. The van der Waals surface area contributed by atoms with E-state index in [1.165, 1.54) is 4.90 Å². The van der Waals surface area contributed by atoms with E-state index in [1.54, 1.807) is 0 Å². The minimum atomic E-state index is -0.792. The molecule has 0 bridgehead atoms. The summed E-state index contributed by atoms with van der Waals surface area (Å²) in [6.07, 6.45) is 0.207. The smallest absolute Gasteiger partial charge is 0.407 e. The van der Waals surface area contributed by atoms with E-state index in [-0.39, 0.29) is 6.04 Å². The van der Waals surface area contributed by atoms with Gasteiger partial charge in [0.25, 0.3) is 0 Å². The van der Waals surface area contributed by atoms with Gasteiger partial charge >= 0.3 is 6.09 Å². The number of nitrogens with one attached hydrogen (secondary N) is 1.